The summed E-state index contributed by atoms with van der Waals surface area (Å²) in [6.45, 7) is 6.63. The van der Waals surface area contributed by atoms with Crippen molar-refractivity contribution >= 4 is 5.52 Å². The largest absolute Gasteiger partial charge is 0.241 e. The SMILES string of the molecule is CC(C)(C)c1cc2cccnn2c1. The third-order valence-corrected chi connectivity index (χ3v) is 2.24. The van der Waals surface area contributed by atoms with Gasteiger partial charge in [-0.3, -0.25) is 0 Å². The van der Waals surface area contributed by atoms with Crippen LogP contribution in [-0.4, -0.2) is 9.61 Å². The Bertz CT molecular complexity index is 388. The summed E-state index contributed by atoms with van der Waals surface area (Å²) in [5.41, 5.74) is 2.69. The van der Waals surface area contributed by atoms with E-state index in [1.54, 1.807) is 6.20 Å². The number of aromatic nitrogens is 2. The number of hydrogen-bond donors (Lipinski definition) is 0. The number of hydrogen-bond acceptors (Lipinski definition) is 1. The summed E-state index contributed by atoms with van der Waals surface area (Å²) in [6.07, 6.45) is 3.90. The highest BCUT2D eigenvalue weighted by molar-refractivity contribution is 5.50. The molecule has 0 aliphatic heterocycles. The lowest BCUT2D eigenvalue weighted by atomic mass is 9.89. The fourth-order valence-corrected chi connectivity index (χ4v) is 1.36. The van der Waals surface area contributed by atoms with Gasteiger partial charge in [0.1, 0.15) is 0 Å². The Hall–Kier alpha value is -1.31. The first-order chi connectivity index (χ1) is 6.07. The molecule has 0 atom stereocenters. The molecule has 2 heteroatoms. The zero-order valence-corrected chi connectivity index (χ0v) is 8.28. The molecular weight excluding hydrogens is 160 g/mol. The Morgan fingerprint density at radius 2 is 2.08 bits per heavy atom. The van der Waals surface area contributed by atoms with Crippen molar-refractivity contribution in [1.29, 1.82) is 0 Å². The van der Waals surface area contributed by atoms with Crippen molar-refractivity contribution in [3.63, 3.8) is 0 Å². The van der Waals surface area contributed by atoms with Gasteiger partial charge in [-0.25, -0.2) is 4.52 Å². The maximum Gasteiger partial charge on any atom is 0.0649 e. The molecule has 0 aliphatic rings. The molecule has 0 fully saturated rings. The van der Waals surface area contributed by atoms with Crippen LogP contribution in [0.25, 0.3) is 5.52 Å². The maximum absolute atomic E-state index is 4.23. The molecule has 0 spiro atoms. The van der Waals surface area contributed by atoms with Crippen molar-refractivity contribution < 1.29 is 0 Å². The Morgan fingerprint density at radius 1 is 1.31 bits per heavy atom. The van der Waals surface area contributed by atoms with Gasteiger partial charge in [0.25, 0.3) is 0 Å². The molecule has 2 rings (SSSR count). The van der Waals surface area contributed by atoms with Crippen molar-refractivity contribution in [3.05, 3.63) is 36.2 Å². The lowest BCUT2D eigenvalue weighted by Crippen LogP contribution is -2.09. The maximum atomic E-state index is 4.23. The van der Waals surface area contributed by atoms with E-state index in [1.165, 1.54) is 5.56 Å². The topological polar surface area (TPSA) is 17.3 Å². The second-order valence-corrected chi connectivity index (χ2v) is 4.37. The van der Waals surface area contributed by atoms with E-state index in [9.17, 15) is 0 Å². The van der Waals surface area contributed by atoms with E-state index in [4.69, 9.17) is 0 Å². The smallest absolute Gasteiger partial charge is 0.0649 e. The van der Waals surface area contributed by atoms with Crippen molar-refractivity contribution in [3.8, 4) is 0 Å². The molecule has 2 aromatic rings. The molecule has 68 valence electrons. The van der Waals surface area contributed by atoms with Gasteiger partial charge in [0.05, 0.1) is 5.52 Å². The van der Waals surface area contributed by atoms with Crippen molar-refractivity contribution in [2.45, 2.75) is 26.2 Å². The summed E-state index contributed by atoms with van der Waals surface area (Å²) in [4.78, 5) is 0. The van der Waals surface area contributed by atoms with Gasteiger partial charge in [-0.1, -0.05) is 20.8 Å². The zero-order chi connectivity index (χ0) is 9.47. The third kappa shape index (κ3) is 1.44. The van der Waals surface area contributed by atoms with Crippen LogP contribution < -0.4 is 0 Å². The summed E-state index contributed by atoms with van der Waals surface area (Å²) < 4.78 is 1.92. The van der Waals surface area contributed by atoms with Crippen LogP contribution >= 0.6 is 0 Å². The molecule has 0 aliphatic carbocycles. The second-order valence-electron chi connectivity index (χ2n) is 4.37. The van der Waals surface area contributed by atoms with Gasteiger partial charge >= 0.3 is 0 Å². The molecule has 2 aromatic heterocycles. The van der Waals surface area contributed by atoms with Crippen molar-refractivity contribution in [1.82, 2.24) is 9.61 Å². The first kappa shape index (κ1) is 8.30. The van der Waals surface area contributed by atoms with E-state index in [0.717, 1.165) is 5.52 Å². The monoisotopic (exact) mass is 174 g/mol. The van der Waals surface area contributed by atoms with E-state index in [2.05, 4.69) is 44.2 Å². The van der Waals surface area contributed by atoms with Gasteiger partial charge in [0.2, 0.25) is 0 Å². The molecule has 0 saturated heterocycles. The van der Waals surface area contributed by atoms with Crippen LogP contribution in [0.1, 0.15) is 26.3 Å². The van der Waals surface area contributed by atoms with Gasteiger partial charge in [-0.2, -0.15) is 5.10 Å². The van der Waals surface area contributed by atoms with E-state index < -0.39 is 0 Å². The molecule has 13 heavy (non-hydrogen) atoms. The fraction of sp³-hybridized carbons (Fsp3) is 0.364. The van der Waals surface area contributed by atoms with E-state index in [1.807, 2.05) is 10.6 Å². The summed E-state index contributed by atoms with van der Waals surface area (Å²) in [5.74, 6) is 0. The van der Waals surface area contributed by atoms with Crippen LogP contribution in [0.4, 0.5) is 0 Å². The van der Waals surface area contributed by atoms with Crippen molar-refractivity contribution in [2.75, 3.05) is 0 Å². The highest BCUT2D eigenvalue weighted by atomic mass is 15.2. The molecule has 2 nitrogen and oxygen atoms in total. The number of fused-ring (bicyclic) bond motifs is 1. The molecule has 0 saturated carbocycles. The predicted octanol–water partition coefficient (Wildman–Crippen LogP) is 2.63. The van der Waals surface area contributed by atoms with Crippen LogP contribution in [0.3, 0.4) is 0 Å². The second kappa shape index (κ2) is 2.59. The fourth-order valence-electron chi connectivity index (χ4n) is 1.36. The minimum absolute atomic E-state index is 0.202. The first-order valence-electron chi connectivity index (χ1n) is 4.51. The highest BCUT2D eigenvalue weighted by Gasteiger charge is 2.15. The van der Waals surface area contributed by atoms with Crippen LogP contribution in [0.5, 0.6) is 0 Å². The van der Waals surface area contributed by atoms with Gasteiger partial charge in [-0.15, -0.1) is 0 Å². The summed E-state index contributed by atoms with van der Waals surface area (Å²) in [6, 6.07) is 6.22. The Kier molecular flexibility index (Phi) is 1.65. The molecule has 0 radical (unpaired) electrons. The number of nitrogens with zero attached hydrogens (tertiary/aromatic N) is 2. The average molecular weight is 174 g/mol. The van der Waals surface area contributed by atoms with Gasteiger partial charge in [-0.05, 0) is 29.2 Å². The molecule has 0 aromatic carbocycles. The van der Waals surface area contributed by atoms with E-state index in [0.29, 0.717) is 0 Å². The lowest BCUT2D eigenvalue weighted by Gasteiger charge is -2.15. The van der Waals surface area contributed by atoms with Crippen LogP contribution in [0, 0.1) is 0 Å². The Labute approximate surface area is 78.2 Å². The standard InChI is InChI=1S/C11H14N2/c1-11(2,3)9-7-10-5-4-6-12-13(10)8-9/h4-8H,1-3H3. The van der Waals surface area contributed by atoms with Crippen molar-refractivity contribution in [2.24, 2.45) is 0 Å². The minimum Gasteiger partial charge on any atom is -0.241 e. The molecule has 2 heterocycles. The summed E-state index contributed by atoms with van der Waals surface area (Å²) in [5, 5.41) is 4.23. The molecule has 0 amide bonds. The third-order valence-electron chi connectivity index (χ3n) is 2.24. The molecular formula is C11H14N2. The van der Waals surface area contributed by atoms with Gasteiger partial charge in [0, 0.05) is 12.4 Å². The molecule has 0 unspecified atom stereocenters. The van der Waals surface area contributed by atoms with Crippen LogP contribution in [0.2, 0.25) is 0 Å². The normalized spacial score (nSPS) is 12.2. The summed E-state index contributed by atoms with van der Waals surface area (Å²) in [7, 11) is 0. The number of rotatable bonds is 0. The predicted molar refractivity (Wildman–Crippen MR) is 53.9 cm³/mol. The van der Waals surface area contributed by atoms with Crippen LogP contribution in [-0.2, 0) is 5.41 Å². The van der Waals surface area contributed by atoms with Crippen LogP contribution in [0.15, 0.2) is 30.6 Å². The van der Waals surface area contributed by atoms with Gasteiger partial charge < -0.3 is 0 Å². The lowest BCUT2D eigenvalue weighted by molar-refractivity contribution is 0.589. The van der Waals surface area contributed by atoms with E-state index >= 15 is 0 Å². The van der Waals surface area contributed by atoms with E-state index in [-0.39, 0.29) is 5.41 Å². The molecule has 0 bridgehead atoms. The average Bonchev–Trinajstić information content (AvgIpc) is 2.45. The quantitative estimate of drug-likeness (QED) is 0.600. The Morgan fingerprint density at radius 3 is 2.69 bits per heavy atom. The highest BCUT2D eigenvalue weighted by Crippen LogP contribution is 2.23. The molecule has 0 N–H and O–H groups in total. The first-order valence-corrected chi connectivity index (χ1v) is 4.51. The van der Waals surface area contributed by atoms with Gasteiger partial charge in [0.15, 0.2) is 0 Å². The summed E-state index contributed by atoms with van der Waals surface area (Å²) >= 11 is 0. The zero-order valence-electron chi connectivity index (χ0n) is 8.28. The Balaban J connectivity index is 2.63. The minimum atomic E-state index is 0.202.